The summed E-state index contributed by atoms with van der Waals surface area (Å²) in [6.07, 6.45) is 4.92. The van der Waals surface area contributed by atoms with Gasteiger partial charge in [-0.3, -0.25) is 4.79 Å². The van der Waals surface area contributed by atoms with E-state index in [1.807, 2.05) is 5.92 Å². The number of benzene rings is 1. The highest BCUT2D eigenvalue weighted by Gasteiger charge is 2.05. The van der Waals surface area contributed by atoms with E-state index in [9.17, 15) is 4.79 Å². The summed E-state index contributed by atoms with van der Waals surface area (Å²) in [4.78, 5) is 11.0. The minimum absolute atomic E-state index is 0.311. The van der Waals surface area contributed by atoms with Gasteiger partial charge in [0.1, 0.15) is 0 Å². The molecule has 0 saturated carbocycles. The van der Waals surface area contributed by atoms with Crippen molar-refractivity contribution in [1.29, 1.82) is 0 Å². The van der Waals surface area contributed by atoms with Gasteiger partial charge < -0.3 is 5.73 Å². The molecule has 0 saturated heterocycles. The third-order valence-electron chi connectivity index (χ3n) is 1.39. The van der Waals surface area contributed by atoms with Crippen LogP contribution >= 0.6 is 11.6 Å². The zero-order valence-electron chi connectivity index (χ0n) is 6.17. The second-order valence-corrected chi connectivity index (χ2v) is 2.64. The van der Waals surface area contributed by atoms with Crippen molar-refractivity contribution in [2.24, 2.45) is 0 Å². The van der Waals surface area contributed by atoms with Crippen LogP contribution in [0, 0.1) is 12.3 Å². The normalized spacial score (nSPS) is 9.00. The molecule has 1 rings (SSSR count). The van der Waals surface area contributed by atoms with Gasteiger partial charge in [0.15, 0.2) is 0 Å². The van der Waals surface area contributed by atoms with Crippen LogP contribution < -0.4 is 5.73 Å². The summed E-state index contributed by atoms with van der Waals surface area (Å²) in [6.45, 7) is 0. The second-order valence-electron chi connectivity index (χ2n) is 2.21. The monoisotopic (exact) mass is 179 g/mol. The molecule has 2 N–H and O–H groups in total. The highest BCUT2D eigenvalue weighted by atomic mass is 35.5. The van der Waals surface area contributed by atoms with Crippen LogP contribution in [0.3, 0.4) is 0 Å². The largest absolute Gasteiger partial charge is 0.398 e. The van der Waals surface area contributed by atoms with Gasteiger partial charge in [-0.05, 0) is 24.1 Å². The molecule has 0 spiro atoms. The van der Waals surface area contributed by atoms with Gasteiger partial charge in [-0.1, -0.05) is 11.6 Å². The molecule has 1 aromatic rings. The first kappa shape index (κ1) is 8.63. The summed E-state index contributed by atoms with van der Waals surface area (Å²) in [5.74, 6) is 1.55. The van der Waals surface area contributed by atoms with Crippen LogP contribution in [0.25, 0.3) is 0 Å². The number of nitrogens with two attached hydrogens (primary N) is 1. The van der Waals surface area contributed by atoms with E-state index >= 15 is 0 Å². The molecule has 0 bridgehead atoms. The maximum Gasteiger partial charge on any atom is 0.237 e. The predicted octanol–water partition coefficient (Wildman–Crippen LogP) is 1.74. The second kappa shape index (κ2) is 3.29. The molecule has 0 unspecified atom stereocenters. The topological polar surface area (TPSA) is 43.1 Å². The highest BCUT2D eigenvalue weighted by molar-refractivity contribution is 6.31. The molecule has 1 aromatic carbocycles. The molecule has 0 fully saturated rings. The molecule has 60 valence electrons. The number of terminal acetylenes is 1. The van der Waals surface area contributed by atoms with Crippen molar-refractivity contribution in [2.45, 2.75) is 0 Å². The van der Waals surface area contributed by atoms with Crippen molar-refractivity contribution in [3.63, 3.8) is 0 Å². The Morgan fingerprint density at radius 2 is 2.25 bits per heavy atom. The molecule has 0 atom stereocenters. The Labute approximate surface area is 75.3 Å². The lowest BCUT2D eigenvalue weighted by atomic mass is 10.1. The Hall–Kier alpha value is -1.46. The van der Waals surface area contributed by atoms with Crippen LogP contribution in [0.4, 0.5) is 5.69 Å². The third-order valence-corrected chi connectivity index (χ3v) is 1.62. The number of halogens is 1. The van der Waals surface area contributed by atoms with E-state index < -0.39 is 5.78 Å². The summed E-state index contributed by atoms with van der Waals surface area (Å²) in [5, 5.41) is 0.487. The van der Waals surface area contributed by atoms with Crippen molar-refractivity contribution in [3.8, 4) is 12.3 Å². The Morgan fingerprint density at radius 3 is 2.75 bits per heavy atom. The van der Waals surface area contributed by atoms with E-state index in [4.69, 9.17) is 23.8 Å². The van der Waals surface area contributed by atoms with Crippen LogP contribution in [0.1, 0.15) is 10.4 Å². The Bertz CT molecular complexity index is 365. The van der Waals surface area contributed by atoms with Gasteiger partial charge in [-0.2, -0.15) is 0 Å². The fourth-order valence-corrected chi connectivity index (χ4v) is 0.999. The molecule has 0 aliphatic rings. The number of ketones is 1. The van der Waals surface area contributed by atoms with E-state index in [0.29, 0.717) is 16.3 Å². The van der Waals surface area contributed by atoms with Gasteiger partial charge in [-0.15, -0.1) is 6.42 Å². The minimum Gasteiger partial charge on any atom is -0.398 e. The van der Waals surface area contributed by atoms with Gasteiger partial charge in [-0.25, -0.2) is 0 Å². The SMILES string of the molecule is C#CC(=O)c1ccc(Cl)cc1N. The molecule has 0 amide bonds. The summed E-state index contributed by atoms with van der Waals surface area (Å²) in [7, 11) is 0. The van der Waals surface area contributed by atoms with Crippen LogP contribution in [-0.2, 0) is 0 Å². The molecule has 0 aliphatic carbocycles. The standard InChI is InChI=1S/C9H6ClNO/c1-2-9(12)7-4-3-6(10)5-8(7)11/h1,3-5H,11H2. The Balaban J connectivity index is 3.20. The maximum atomic E-state index is 11.0. The lowest BCUT2D eigenvalue weighted by Gasteiger charge is -1.99. The summed E-state index contributed by atoms with van der Waals surface area (Å²) >= 11 is 5.62. The Kier molecular flexibility index (Phi) is 2.37. The van der Waals surface area contributed by atoms with Crippen molar-refractivity contribution in [1.82, 2.24) is 0 Å². The molecule has 0 aliphatic heterocycles. The average Bonchev–Trinajstić information content (AvgIpc) is 2.03. The number of hydrogen-bond acceptors (Lipinski definition) is 2. The first-order valence-corrected chi connectivity index (χ1v) is 3.59. The lowest BCUT2D eigenvalue weighted by Crippen LogP contribution is -2.00. The predicted molar refractivity (Wildman–Crippen MR) is 49.0 cm³/mol. The summed E-state index contributed by atoms with van der Waals surface area (Å²) < 4.78 is 0. The molecule has 2 nitrogen and oxygen atoms in total. The molecular formula is C9H6ClNO. The van der Waals surface area contributed by atoms with Crippen LogP contribution in [0.5, 0.6) is 0 Å². The molecular weight excluding hydrogens is 174 g/mol. The lowest BCUT2D eigenvalue weighted by molar-refractivity contribution is 0.105. The van der Waals surface area contributed by atoms with Crippen molar-refractivity contribution in [2.75, 3.05) is 5.73 Å². The fraction of sp³-hybridized carbons (Fsp3) is 0. The average molecular weight is 180 g/mol. The molecule has 12 heavy (non-hydrogen) atoms. The number of nitrogen functional groups attached to an aromatic ring is 1. The number of anilines is 1. The molecule has 3 heteroatoms. The van der Waals surface area contributed by atoms with E-state index in [2.05, 4.69) is 0 Å². The number of carbonyl (C=O) groups is 1. The highest BCUT2D eigenvalue weighted by Crippen LogP contribution is 2.17. The zero-order valence-corrected chi connectivity index (χ0v) is 6.93. The minimum atomic E-state index is -0.427. The third kappa shape index (κ3) is 1.58. The summed E-state index contributed by atoms with van der Waals surface area (Å²) in [5.41, 5.74) is 6.13. The van der Waals surface area contributed by atoms with E-state index in [1.165, 1.54) is 12.1 Å². The first-order valence-electron chi connectivity index (χ1n) is 3.21. The van der Waals surface area contributed by atoms with Crippen LogP contribution in [-0.4, -0.2) is 5.78 Å². The number of carbonyl (C=O) groups excluding carboxylic acids is 1. The Morgan fingerprint density at radius 1 is 1.58 bits per heavy atom. The fourth-order valence-electron chi connectivity index (χ4n) is 0.818. The number of Topliss-reactive ketones (excluding diaryl/α,β-unsaturated/α-hetero) is 1. The molecule has 0 radical (unpaired) electrons. The van der Waals surface area contributed by atoms with Gasteiger partial charge in [0.2, 0.25) is 5.78 Å². The van der Waals surface area contributed by atoms with Gasteiger partial charge in [0, 0.05) is 10.7 Å². The molecule has 0 heterocycles. The maximum absolute atomic E-state index is 11.0. The van der Waals surface area contributed by atoms with Crippen molar-refractivity contribution < 1.29 is 4.79 Å². The van der Waals surface area contributed by atoms with Gasteiger partial charge >= 0.3 is 0 Å². The summed E-state index contributed by atoms with van der Waals surface area (Å²) in [6, 6.07) is 4.58. The first-order chi connectivity index (χ1) is 5.65. The number of hydrogen-bond donors (Lipinski definition) is 1. The zero-order chi connectivity index (χ0) is 9.14. The smallest absolute Gasteiger partial charge is 0.237 e. The van der Waals surface area contributed by atoms with Crippen LogP contribution in [0.15, 0.2) is 18.2 Å². The molecule has 0 aromatic heterocycles. The van der Waals surface area contributed by atoms with Crippen LogP contribution in [0.2, 0.25) is 5.02 Å². The van der Waals surface area contributed by atoms with Crippen molar-refractivity contribution in [3.05, 3.63) is 28.8 Å². The quantitative estimate of drug-likeness (QED) is 0.309. The van der Waals surface area contributed by atoms with E-state index in [1.54, 1.807) is 6.07 Å². The van der Waals surface area contributed by atoms with E-state index in [-0.39, 0.29) is 0 Å². The number of rotatable bonds is 1. The van der Waals surface area contributed by atoms with Crippen molar-refractivity contribution >= 4 is 23.1 Å². The van der Waals surface area contributed by atoms with Gasteiger partial charge in [0.05, 0.1) is 5.56 Å². The van der Waals surface area contributed by atoms with Gasteiger partial charge in [0.25, 0.3) is 0 Å². The van der Waals surface area contributed by atoms with E-state index in [0.717, 1.165) is 0 Å².